The summed E-state index contributed by atoms with van der Waals surface area (Å²) < 4.78 is 1.69. The molecule has 0 amide bonds. The molecule has 0 N–H and O–H groups in total. The van der Waals surface area contributed by atoms with Crippen LogP contribution in [0.25, 0.3) is 6.08 Å². The van der Waals surface area contributed by atoms with Gasteiger partial charge < -0.3 is 0 Å². The molecule has 1 nitrogen and oxygen atoms in total. The smallest absolute Gasteiger partial charge is 0.187 e. The second kappa shape index (κ2) is 6.12. The molecule has 2 rings (SSSR count). The van der Waals surface area contributed by atoms with Crippen LogP contribution in [0.15, 0.2) is 63.6 Å². The van der Waals surface area contributed by atoms with Crippen LogP contribution in [-0.4, -0.2) is 5.78 Å². The lowest BCUT2D eigenvalue weighted by Gasteiger charge is -2.00. The number of hydrogen-bond acceptors (Lipinski definition) is 1. The lowest BCUT2D eigenvalue weighted by Crippen LogP contribution is -1.95. The molecule has 0 radical (unpaired) electrons. The summed E-state index contributed by atoms with van der Waals surface area (Å²) in [6, 6.07) is 15.3. The molecular formula is C15H10Br2O. The van der Waals surface area contributed by atoms with E-state index in [-0.39, 0.29) is 5.78 Å². The SMILES string of the molecule is O=C(/C=C/c1ccccc1)c1cc(Br)ccc1Br. The molecule has 0 aliphatic carbocycles. The summed E-state index contributed by atoms with van der Waals surface area (Å²) in [6.07, 6.45) is 3.40. The van der Waals surface area contributed by atoms with E-state index in [9.17, 15) is 4.79 Å². The van der Waals surface area contributed by atoms with Crippen LogP contribution >= 0.6 is 31.9 Å². The third kappa shape index (κ3) is 3.40. The van der Waals surface area contributed by atoms with Gasteiger partial charge in [0.2, 0.25) is 0 Å². The van der Waals surface area contributed by atoms with Crippen LogP contribution in [0, 0.1) is 0 Å². The van der Waals surface area contributed by atoms with Crippen LogP contribution in [0.3, 0.4) is 0 Å². The molecule has 3 heteroatoms. The molecule has 0 aliphatic heterocycles. The average Bonchev–Trinajstić information content (AvgIpc) is 2.40. The Kier molecular flexibility index (Phi) is 4.50. The van der Waals surface area contributed by atoms with Gasteiger partial charge in [0, 0.05) is 14.5 Å². The maximum absolute atomic E-state index is 12.1. The minimum atomic E-state index is -0.0213. The van der Waals surface area contributed by atoms with Gasteiger partial charge in [-0.3, -0.25) is 4.79 Å². The molecule has 0 bridgehead atoms. The van der Waals surface area contributed by atoms with E-state index in [2.05, 4.69) is 31.9 Å². The Labute approximate surface area is 123 Å². The molecule has 0 fully saturated rings. The van der Waals surface area contributed by atoms with Crippen molar-refractivity contribution in [2.75, 3.05) is 0 Å². The first kappa shape index (κ1) is 13.2. The summed E-state index contributed by atoms with van der Waals surface area (Å²) in [6.45, 7) is 0. The van der Waals surface area contributed by atoms with Crippen molar-refractivity contribution in [2.24, 2.45) is 0 Å². The predicted molar refractivity (Wildman–Crippen MR) is 81.6 cm³/mol. The van der Waals surface area contributed by atoms with Crippen LogP contribution in [0.4, 0.5) is 0 Å². The molecule has 2 aromatic carbocycles. The molecule has 18 heavy (non-hydrogen) atoms. The monoisotopic (exact) mass is 364 g/mol. The van der Waals surface area contributed by atoms with E-state index in [4.69, 9.17) is 0 Å². The van der Waals surface area contributed by atoms with Crippen molar-refractivity contribution in [3.8, 4) is 0 Å². The average molecular weight is 366 g/mol. The van der Waals surface area contributed by atoms with E-state index in [1.807, 2.05) is 54.6 Å². The largest absolute Gasteiger partial charge is 0.289 e. The van der Waals surface area contributed by atoms with Gasteiger partial charge in [0.15, 0.2) is 5.78 Å². The zero-order valence-electron chi connectivity index (χ0n) is 9.44. The van der Waals surface area contributed by atoms with Gasteiger partial charge in [0.25, 0.3) is 0 Å². The van der Waals surface area contributed by atoms with Crippen molar-refractivity contribution in [3.05, 3.63) is 74.7 Å². The zero-order valence-corrected chi connectivity index (χ0v) is 12.6. The van der Waals surface area contributed by atoms with Gasteiger partial charge in [-0.1, -0.05) is 68.3 Å². The summed E-state index contributed by atoms with van der Waals surface area (Å²) in [5, 5.41) is 0. The van der Waals surface area contributed by atoms with E-state index in [0.29, 0.717) is 5.56 Å². The lowest BCUT2D eigenvalue weighted by atomic mass is 10.1. The van der Waals surface area contributed by atoms with E-state index in [0.717, 1.165) is 14.5 Å². The summed E-state index contributed by atoms with van der Waals surface area (Å²) >= 11 is 6.75. The third-order valence-electron chi connectivity index (χ3n) is 2.42. The number of halogens is 2. The highest BCUT2D eigenvalue weighted by atomic mass is 79.9. The van der Waals surface area contributed by atoms with Gasteiger partial charge in [-0.05, 0) is 29.8 Å². The first-order chi connectivity index (χ1) is 8.66. The van der Waals surface area contributed by atoms with Gasteiger partial charge in [-0.25, -0.2) is 0 Å². The fourth-order valence-electron chi connectivity index (χ4n) is 1.51. The Balaban J connectivity index is 2.22. The van der Waals surface area contributed by atoms with Gasteiger partial charge in [0.1, 0.15) is 0 Å². The molecule has 0 spiro atoms. The standard InChI is InChI=1S/C15H10Br2O/c16-12-7-8-14(17)13(10-12)15(18)9-6-11-4-2-1-3-5-11/h1-10H/b9-6+. The fraction of sp³-hybridized carbons (Fsp3) is 0. The van der Waals surface area contributed by atoms with Crippen molar-refractivity contribution < 1.29 is 4.79 Å². The van der Waals surface area contributed by atoms with E-state index >= 15 is 0 Å². The molecular weight excluding hydrogens is 356 g/mol. The molecule has 0 atom stereocenters. The van der Waals surface area contributed by atoms with Crippen LogP contribution < -0.4 is 0 Å². The summed E-state index contributed by atoms with van der Waals surface area (Å²) in [5.41, 5.74) is 1.66. The summed E-state index contributed by atoms with van der Waals surface area (Å²) in [7, 11) is 0. The molecule has 0 heterocycles. The van der Waals surface area contributed by atoms with E-state index < -0.39 is 0 Å². The molecule has 0 aromatic heterocycles. The van der Waals surface area contributed by atoms with Gasteiger partial charge in [0.05, 0.1) is 0 Å². The van der Waals surface area contributed by atoms with E-state index in [1.54, 1.807) is 6.08 Å². The molecule has 0 saturated heterocycles. The fourth-order valence-corrected chi connectivity index (χ4v) is 2.32. The van der Waals surface area contributed by atoms with Gasteiger partial charge in [-0.2, -0.15) is 0 Å². The van der Waals surface area contributed by atoms with Crippen molar-refractivity contribution in [3.63, 3.8) is 0 Å². The topological polar surface area (TPSA) is 17.1 Å². The molecule has 2 aromatic rings. The first-order valence-corrected chi connectivity index (χ1v) is 6.98. The second-order valence-electron chi connectivity index (χ2n) is 3.73. The Morgan fingerprint density at radius 3 is 2.44 bits per heavy atom. The lowest BCUT2D eigenvalue weighted by molar-refractivity contribution is 0.104. The Morgan fingerprint density at radius 1 is 1.00 bits per heavy atom. The molecule has 0 aliphatic rings. The maximum atomic E-state index is 12.1. The number of allylic oxidation sites excluding steroid dienone is 1. The van der Waals surface area contributed by atoms with Crippen molar-refractivity contribution >= 4 is 43.7 Å². The number of carbonyl (C=O) groups is 1. The van der Waals surface area contributed by atoms with Crippen molar-refractivity contribution in [1.82, 2.24) is 0 Å². The molecule has 90 valence electrons. The minimum Gasteiger partial charge on any atom is -0.289 e. The highest BCUT2D eigenvalue weighted by Crippen LogP contribution is 2.22. The quantitative estimate of drug-likeness (QED) is 0.545. The predicted octanol–water partition coefficient (Wildman–Crippen LogP) is 5.11. The Bertz CT molecular complexity index is 589. The maximum Gasteiger partial charge on any atom is 0.187 e. The number of carbonyl (C=O) groups excluding carboxylic acids is 1. The number of rotatable bonds is 3. The minimum absolute atomic E-state index is 0.0213. The normalized spacial score (nSPS) is 10.8. The number of benzene rings is 2. The van der Waals surface area contributed by atoms with Gasteiger partial charge >= 0.3 is 0 Å². The van der Waals surface area contributed by atoms with Crippen LogP contribution in [0.2, 0.25) is 0 Å². The second-order valence-corrected chi connectivity index (χ2v) is 5.50. The first-order valence-electron chi connectivity index (χ1n) is 5.39. The van der Waals surface area contributed by atoms with Crippen molar-refractivity contribution in [1.29, 1.82) is 0 Å². The molecule has 0 saturated carbocycles. The highest BCUT2D eigenvalue weighted by molar-refractivity contribution is 9.11. The number of ketones is 1. The molecule has 0 unspecified atom stereocenters. The van der Waals surface area contributed by atoms with Crippen LogP contribution in [0.5, 0.6) is 0 Å². The van der Waals surface area contributed by atoms with Crippen LogP contribution in [0.1, 0.15) is 15.9 Å². The Hall–Kier alpha value is -1.19. The Morgan fingerprint density at radius 2 is 1.72 bits per heavy atom. The van der Waals surface area contributed by atoms with Crippen LogP contribution in [-0.2, 0) is 0 Å². The number of hydrogen-bond donors (Lipinski definition) is 0. The highest BCUT2D eigenvalue weighted by Gasteiger charge is 2.07. The van der Waals surface area contributed by atoms with Gasteiger partial charge in [-0.15, -0.1) is 0 Å². The summed E-state index contributed by atoms with van der Waals surface area (Å²) in [4.78, 5) is 12.1. The zero-order chi connectivity index (χ0) is 13.0. The third-order valence-corrected chi connectivity index (χ3v) is 3.61. The van der Waals surface area contributed by atoms with Crippen molar-refractivity contribution in [2.45, 2.75) is 0 Å². The summed E-state index contributed by atoms with van der Waals surface area (Å²) in [5.74, 6) is -0.0213. The van der Waals surface area contributed by atoms with E-state index in [1.165, 1.54) is 0 Å².